The zero-order valence-electron chi connectivity index (χ0n) is 17.6. The Morgan fingerprint density at radius 3 is 2.52 bits per heavy atom. The molecule has 2 heterocycles. The minimum Gasteiger partial charge on any atom is -0.298 e. The Morgan fingerprint density at radius 2 is 1.73 bits per heavy atom. The maximum atomic E-state index is 12.8. The fourth-order valence-electron chi connectivity index (χ4n) is 3.37. The summed E-state index contributed by atoms with van der Waals surface area (Å²) in [6, 6.07) is 16.8. The van der Waals surface area contributed by atoms with Gasteiger partial charge in [-0.1, -0.05) is 35.1 Å². The van der Waals surface area contributed by atoms with Gasteiger partial charge in [-0.05, 0) is 56.3 Å². The number of sulfonamides is 1. The largest absolute Gasteiger partial charge is 0.298 e. The van der Waals surface area contributed by atoms with Crippen LogP contribution in [0.25, 0.3) is 20.4 Å². The molecule has 0 aliphatic rings. The molecule has 0 spiro atoms. The molecule has 0 radical (unpaired) electrons. The molecular formula is C23H18N4O3S3. The Kier molecular flexibility index (Phi) is 5.35. The van der Waals surface area contributed by atoms with Gasteiger partial charge >= 0.3 is 0 Å². The van der Waals surface area contributed by atoms with Crippen LogP contribution in [0.15, 0.2) is 65.6 Å². The lowest BCUT2D eigenvalue weighted by Crippen LogP contribution is -2.15. The fraction of sp³-hybridized carbons (Fsp3) is 0.0870. The molecule has 3 aromatic carbocycles. The van der Waals surface area contributed by atoms with Crippen molar-refractivity contribution in [1.82, 2.24) is 9.97 Å². The number of nitrogens with one attached hydrogen (secondary N) is 2. The molecule has 5 aromatic rings. The van der Waals surface area contributed by atoms with E-state index >= 15 is 0 Å². The van der Waals surface area contributed by atoms with Crippen molar-refractivity contribution in [3.05, 3.63) is 76.8 Å². The smallest absolute Gasteiger partial charge is 0.261 e. The summed E-state index contributed by atoms with van der Waals surface area (Å²) in [5, 5.41) is 4.24. The van der Waals surface area contributed by atoms with Crippen LogP contribution in [0.1, 0.15) is 20.9 Å². The van der Waals surface area contributed by atoms with Gasteiger partial charge in [0.1, 0.15) is 5.52 Å². The number of carbonyl (C=O) groups is 1. The summed E-state index contributed by atoms with van der Waals surface area (Å²) >= 11 is 2.98. The third kappa shape index (κ3) is 4.32. The number of hydrogen-bond donors (Lipinski definition) is 2. The third-order valence-corrected chi connectivity index (χ3v) is 8.28. The zero-order valence-corrected chi connectivity index (χ0v) is 20.1. The molecule has 0 atom stereocenters. The highest BCUT2D eigenvalue weighted by Gasteiger charge is 2.17. The van der Waals surface area contributed by atoms with Gasteiger partial charge in [0.15, 0.2) is 5.13 Å². The van der Waals surface area contributed by atoms with E-state index in [9.17, 15) is 13.2 Å². The summed E-state index contributed by atoms with van der Waals surface area (Å²) < 4.78 is 29.9. The van der Waals surface area contributed by atoms with Gasteiger partial charge in [0.2, 0.25) is 0 Å². The fourth-order valence-corrected chi connectivity index (χ4v) is 6.27. The number of aryl methyl sites for hydroxylation is 2. The van der Waals surface area contributed by atoms with Crippen LogP contribution in [0.5, 0.6) is 0 Å². The van der Waals surface area contributed by atoms with Gasteiger partial charge in [0, 0.05) is 11.3 Å². The number of benzene rings is 3. The standard InChI is InChI=1S/C23H18N4O3S3/c1-13-6-8-17(9-7-13)33(29,30)27-16-5-3-4-15(12-16)22(28)26-23-25-18-10-11-19-20(21(18)32-23)24-14(2)31-19/h3-12,27H,1-2H3,(H,25,26,28). The van der Waals surface area contributed by atoms with Crippen molar-refractivity contribution in [3.63, 3.8) is 0 Å². The second-order valence-corrected chi connectivity index (χ2v) is 11.4. The van der Waals surface area contributed by atoms with E-state index in [0.717, 1.165) is 31.0 Å². The second kappa shape index (κ2) is 8.22. The Balaban J connectivity index is 1.38. The number of nitrogens with zero attached hydrogens (tertiary/aromatic N) is 2. The number of fused-ring (bicyclic) bond motifs is 3. The van der Waals surface area contributed by atoms with Gasteiger partial charge in [-0.3, -0.25) is 14.8 Å². The monoisotopic (exact) mass is 494 g/mol. The molecule has 0 aliphatic carbocycles. The van der Waals surface area contributed by atoms with Crippen LogP contribution in [0, 0.1) is 13.8 Å². The normalized spacial score (nSPS) is 11.7. The summed E-state index contributed by atoms with van der Waals surface area (Å²) in [5.74, 6) is -0.379. The molecule has 0 aliphatic heterocycles. The van der Waals surface area contributed by atoms with E-state index in [4.69, 9.17) is 0 Å². The molecule has 33 heavy (non-hydrogen) atoms. The quantitative estimate of drug-likeness (QED) is 0.332. The van der Waals surface area contributed by atoms with Crippen LogP contribution in [-0.2, 0) is 10.0 Å². The van der Waals surface area contributed by atoms with Gasteiger partial charge in [-0.2, -0.15) is 0 Å². The minimum atomic E-state index is -3.77. The van der Waals surface area contributed by atoms with Gasteiger partial charge in [0.25, 0.3) is 15.9 Å². The predicted molar refractivity (Wildman–Crippen MR) is 134 cm³/mol. The molecular weight excluding hydrogens is 476 g/mol. The van der Waals surface area contributed by atoms with Crippen molar-refractivity contribution in [2.24, 2.45) is 0 Å². The molecule has 2 N–H and O–H groups in total. The number of aromatic nitrogens is 2. The van der Waals surface area contributed by atoms with Crippen LogP contribution in [0.3, 0.4) is 0 Å². The molecule has 0 fully saturated rings. The number of carbonyl (C=O) groups excluding carboxylic acids is 1. The van der Waals surface area contributed by atoms with Crippen LogP contribution in [0.4, 0.5) is 10.8 Å². The first kappa shape index (κ1) is 21.5. The van der Waals surface area contributed by atoms with E-state index < -0.39 is 10.0 Å². The van der Waals surface area contributed by atoms with Crippen molar-refractivity contribution in [2.75, 3.05) is 10.0 Å². The average molecular weight is 495 g/mol. The van der Waals surface area contributed by atoms with Crippen molar-refractivity contribution >= 4 is 69.9 Å². The molecule has 5 rings (SSSR count). The number of anilines is 2. The van der Waals surface area contributed by atoms with Crippen molar-refractivity contribution in [2.45, 2.75) is 18.7 Å². The molecule has 1 amide bonds. The van der Waals surface area contributed by atoms with E-state index in [1.807, 2.05) is 26.0 Å². The summed E-state index contributed by atoms with van der Waals surface area (Å²) in [6.07, 6.45) is 0. The number of thiazole rings is 2. The van der Waals surface area contributed by atoms with E-state index in [0.29, 0.717) is 16.4 Å². The maximum absolute atomic E-state index is 12.8. The summed E-state index contributed by atoms with van der Waals surface area (Å²) in [7, 11) is -3.77. The summed E-state index contributed by atoms with van der Waals surface area (Å²) in [5.41, 5.74) is 3.24. The lowest BCUT2D eigenvalue weighted by molar-refractivity contribution is 0.102. The first-order valence-corrected chi connectivity index (χ1v) is 13.1. The van der Waals surface area contributed by atoms with Crippen molar-refractivity contribution < 1.29 is 13.2 Å². The Labute approximate surface area is 198 Å². The molecule has 2 aromatic heterocycles. The molecule has 0 saturated heterocycles. The number of hydrogen-bond acceptors (Lipinski definition) is 7. The Bertz CT molecular complexity index is 1620. The molecule has 7 nitrogen and oxygen atoms in total. The second-order valence-electron chi connectivity index (χ2n) is 7.47. The minimum absolute atomic E-state index is 0.154. The Morgan fingerprint density at radius 1 is 0.939 bits per heavy atom. The molecule has 0 bridgehead atoms. The molecule has 0 unspecified atom stereocenters. The molecule has 0 saturated carbocycles. The van der Waals surface area contributed by atoms with Gasteiger partial charge in [0.05, 0.1) is 24.8 Å². The van der Waals surface area contributed by atoms with E-state index in [2.05, 4.69) is 20.0 Å². The first-order chi connectivity index (χ1) is 15.8. The zero-order chi connectivity index (χ0) is 23.2. The third-order valence-electron chi connectivity index (χ3n) is 4.95. The van der Waals surface area contributed by atoms with Gasteiger partial charge < -0.3 is 0 Å². The number of rotatable bonds is 5. The van der Waals surface area contributed by atoms with Gasteiger partial charge in [-0.15, -0.1) is 11.3 Å². The van der Waals surface area contributed by atoms with E-state index in [1.165, 1.54) is 17.4 Å². The number of amides is 1. The van der Waals surface area contributed by atoms with Crippen molar-refractivity contribution in [1.29, 1.82) is 0 Å². The average Bonchev–Trinajstić information content (AvgIpc) is 3.36. The Hall–Kier alpha value is -3.34. The van der Waals surface area contributed by atoms with E-state index in [-0.39, 0.29) is 10.8 Å². The highest BCUT2D eigenvalue weighted by Crippen LogP contribution is 2.34. The first-order valence-electron chi connectivity index (χ1n) is 9.96. The lowest BCUT2D eigenvalue weighted by Gasteiger charge is -2.10. The van der Waals surface area contributed by atoms with Gasteiger partial charge in [-0.25, -0.2) is 18.4 Å². The van der Waals surface area contributed by atoms with Crippen LogP contribution in [0.2, 0.25) is 0 Å². The molecule has 10 heteroatoms. The topological polar surface area (TPSA) is 101 Å². The van der Waals surface area contributed by atoms with E-state index in [1.54, 1.807) is 53.8 Å². The van der Waals surface area contributed by atoms with Crippen molar-refractivity contribution in [3.8, 4) is 0 Å². The predicted octanol–water partition coefficient (Wildman–Crippen LogP) is 5.58. The summed E-state index contributed by atoms with van der Waals surface area (Å²) in [6.45, 7) is 3.85. The summed E-state index contributed by atoms with van der Waals surface area (Å²) in [4.78, 5) is 22.1. The van der Waals surface area contributed by atoms with Crippen LogP contribution >= 0.6 is 22.7 Å². The van der Waals surface area contributed by atoms with Crippen LogP contribution < -0.4 is 10.0 Å². The van der Waals surface area contributed by atoms with Crippen LogP contribution in [-0.4, -0.2) is 24.3 Å². The molecule has 166 valence electrons. The highest BCUT2D eigenvalue weighted by atomic mass is 32.2. The SMILES string of the molecule is Cc1ccc(S(=O)(=O)Nc2cccc(C(=O)Nc3nc4ccc5sc(C)nc5c4s3)c2)cc1. The highest BCUT2D eigenvalue weighted by molar-refractivity contribution is 7.92. The lowest BCUT2D eigenvalue weighted by atomic mass is 10.2. The maximum Gasteiger partial charge on any atom is 0.261 e.